The number of nitrogens with one attached hydrogen (secondary N) is 1. The molecule has 0 saturated carbocycles. The predicted octanol–water partition coefficient (Wildman–Crippen LogP) is 2.24. The van der Waals surface area contributed by atoms with Crippen LogP contribution in [0, 0.1) is 11.8 Å². The van der Waals surface area contributed by atoms with Crippen LogP contribution in [0.25, 0.3) is 0 Å². The van der Waals surface area contributed by atoms with Gasteiger partial charge in [-0.2, -0.15) is 4.31 Å². The highest BCUT2D eigenvalue weighted by Gasteiger charge is 2.33. The number of piperidine rings is 2. The van der Waals surface area contributed by atoms with Crippen LogP contribution in [0.5, 0.6) is 0 Å². The summed E-state index contributed by atoms with van der Waals surface area (Å²) in [5.74, 6) is -0.568. The number of anilines is 1. The van der Waals surface area contributed by atoms with Crippen molar-refractivity contribution in [3.05, 3.63) is 24.3 Å². The summed E-state index contributed by atoms with van der Waals surface area (Å²) in [6, 6.07) is 6.13. The SMILES string of the molecule is CCOC(=O)C1CCCN(C(=O)CC2CCN(S(=O)(=O)c3ccc(NC(C)=O)cc3)CC2)C1. The average molecular weight is 480 g/mol. The van der Waals surface area contributed by atoms with E-state index in [1.165, 1.54) is 23.4 Å². The second kappa shape index (κ2) is 11.1. The highest BCUT2D eigenvalue weighted by molar-refractivity contribution is 7.89. The summed E-state index contributed by atoms with van der Waals surface area (Å²) >= 11 is 0. The van der Waals surface area contributed by atoms with Crippen LogP contribution in [-0.4, -0.2) is 68.2 Å². The molecule has 1 N–H and O–H groups in total. The number of hydrogen-bond donors (Lipinski definition) is 1. The number of nitrogens with zero attached hydrogens (tertiary/aromatic N) is 2. The van der Waals surface area contributed by atoms with Crippen LogP contribution in [0.2, 0.25) is 0 Å². The summed E-state index contributed by atoms with van der Waals surface area (Å²) in [5, 5.41) is 2.62. The molecular formula is C23H33N3O6S. The Labute approximate surface area is 195 Å². The Hall–Kier alpha value is -2.46. The molecule has 33 heavy (non-hydrogen) atoms. The van der Waals surface area contributed by atoms with Crippen molar-refractivity contribution in [1.82, 2.24) is 9.21 Å². The molecule has 2 saturated heterocycles. The van der Waals surface area contributed by atoms with Gasteiger partial charge in [0.1, 0.15) is 0 Å². The zero-order chi connectivity index (χ0) is 24.0. The lowest BCUT2D eigenvalue weighted by molar-refractivity contribution is -0.151. The lowest BCUT2D eigenvalue weighted by Gasteiger charge is -2.34. The number of ether oxygens (including phenoxy) is 1. The molecule has 0 spiro atoms. The van der Waals surface area contributed by atoms with Crippen molar-refractivity contribution in [1.29, 1.82) is 0 Å². The predicted molar refractivity (Wildman–Crippen MR) is 123 cm³/mol. The minimum atomic E-state index is -3.63. The largest absolute Gasteiger partial charge is 0.466 e. The second-order valence-corrected chi connectivity index (χ2v) is 10.6. The minimum absolute atomic E-state index is 0.0267. The van der Waals surface area contributed by atoms with E-state index < -0.39 is 10.0 Å². The average Bonchev–Trinajstić information content (AvgIpc) is 2.79. The smallest absolute Gasteiger partial charge is 0.310 e. The van der Waals surface area contributed by atoms with E-state index in [9.17, 15) is 22.8 Å². The summed E-state index contributed by atoms with van der Waals surface area (Å²) in [7, 11) is -3.63. The number of esters is 1. The molecule has 1 atom stereocenters. The molecule has 2 amide bonds. The first-order valence-corrected chi connectivity index (χ1v) is 13.0. The maximum atomic E-state index is 13.0. The van der Waals surface area contributed by atoms with Gasteiger partial charge in [-0.1, -0.05) is 0 Å². The van der Waals surface area contributed by atoms with Gasteiger partial charge in [0, 0.05) is 45.2 Å². The first-order valence-electron chi connectivity index (χ1n) is 11.5. The van der Waals surface area contributed by atoms with Crippen LogP contribution in [0.3, 0.4) is 0 Å². The Morgan fingerprint density at radius 1 is 1.06 bits per heavy atom. The normalized spacial score (nSPS) is 20.3. The van der Waals surface area contributed by atoms with Gasteiger partial charge in [0.25, 0.3) is 0 Å². The first kappa shape index (κ1) is 25.2. The summed E-state index contributed by atoms with van der Waals surface area (Å²) in [5.41, 5.74) is 0.543. The molecule has 182 valence electrons. The summed E-state index contributed by atoms with van der Waals surface area (Å²) in [4.78, 5) is 37.9. The Balaban J connectivity index is 1.51. The highest BCUT2D eigenvalue weighted by Crippen LogP contribution is 2.28. The summed E-state index contributed by atoms with van der Waals surface area (Å²) in [6.07, 6.45) is 3.13. The van der Waals surface area contributed by atoms with E-state index in [2.05, 4.69) is 5.32 Å². The molecule has 0 aliphatic carbocycles. The molecule has 2 fully saturated rings. The van der Waals surface area contributed by atoms with Gasteiger partial charge in [0.2, 0.25) is 21.8 Å². The quantitative estimate of drug-likeness (QED) is 0.600. The summed E-state index contributed by atoms with van der Waals surface area (Å²) < 4.78 is 32.5. The van der Waals surface area contributed by atoms with Crippen molar-refractivity contribution in [2.75, 3.05) is 38.1 Å². The van der Waals surface area contributed by atoms with E-state index >= 15 is 0 Å². The van der Waals surface area contributed by atoms with Crippen molar-refractivity contribution in [3.8, 4) is 0 Å². The Morgan fingerprint density at radius 3 is 2.33 bits per heavy atom. The van der Waals surface area contributed by atoms with Crippen molar-refractivity contribution < 1.29 is 27.5 Å². The number of hydrogen-bond acceptors (Lipinski definition) is 6. The molecule has 0 aromatic heterocycles. The van der Waals surface area contributed by atoms with Gasteiger partial charge in [0.15, 0.2) is 0 Å². The topological polar surface area (TPSA) is 113 Å². The van der Waals surface area contributed by atoms with Crippen LogP contribution in [0.4, 0.5) is 5.69 Å². The third-order valence-corrected chi connectivity index (χ3v) is 8.16. The number of sulfonamides is 1. The lowest BCUT2D eigenvalue weighted by atomic mass is 9.92. The molecule has 2 heterocycles. The molecule has 2 aliphatic heterocycles. The number of likely N-dealkylation sites (tertiary alicyclic amines) is 1. The molecular weight excluding hydrogens is 446 g/mol. The van der Waals surface area contributed by atoms with Crippen molar-refractivity contribution in [2.24, 2.45) is 11.8 Å². The maximum Gasteiger partial charge on any atom is 0.310 e. The van der Waals surface area contributed by atoms with Crippen molar-refractivity contribution >= 4 is 33.5 Å². The Bertz CT molecular complexity index is 955. The van der Waals surface area contributed by atoms with Crippen molar-refractivity contribution in [3.63, 3.8) is 0 Å². The van der Waals surface area contributed by atoms with E-state index in [0.29, 0.717) is 57.7 Å². The van der Waals surface area contributed by atoms with E-state index in [4.69, 9.17) is 4.74 Å². The zero-order valence-corrected chi connectivity index (χ0v) is 20.1. The number of carbonyl (C=O) groups excluding carboxylic acids is 3. The van der Waals surface area contributed by atoms with Crippen LogP contribution in [-0.2, 0) is 29.1 Å². The lowest BCUT2D eigenvalue weighted by Crippen LogP contribution is -2.44. The highest BCUT2D eigenvalue weighted by atomic mass is 32.2. The number of benzene rings is 1. The van der Waals surface area contributed by atoms with Gasteiger partial charge >= 0.3 is 5.97 Å². The summed E-state index contributed by atoms with van der Waals surface area (Å²) in [6.45, 7) is 5.28. The zero-order valence-electron chi connectivity index (χ0n) is 19.3. The maximum absolute atomic E-state index is 13.0. The van der Waals surface area contributed by atoms with Gasteiger partial charge in [-0.05, 0) is 62.8 Å². The monoisotopic (exact) mass is 479 g/mol. The molecule has 9 nitrogen and oxygen atoms in total. The molecule has 0 bridgehead atoms. The van der Waals surface area contributed by atoms with Crippen LogP contribution >= 0.6 is 0 Å². The first-order chi connectivity index (χ1) is 15.7. The van der Waals surface area contributed by atoms with Crippen LogP contribution in [0.15, 0.2) is 29.2 Å². The third kappa shape index (κ3) is 6.54. The second-order valence-electron chi connectivity index (χ2n) is 8.69. The van der Waals surface area contributed by atoms with Crippen LogP contribution < -0.4 is 5.32 Å². The molecule has 0 radical (unpaired) electrons. The molecule has 10 heteroatoms. The number of amides is 2. The van der Waals surface area contributed by atoms with Crippen molar-refractivity contribution in [2.45, 2.75) is 50.8 Å². The van der Waals surface area contributed by atoms with Crippen LogP contribution in [0.1, 0.15) is 46.0 Å². The van der Waals surface area contributed by atoms with Gasteiger partial charge in [-0.3, -0.25) is 14.4 Å². The number of carbonyl (C=O) groups is 3. The Morgan fingerprint density at radius 2 is 1.73 bits per heavy atom. The fourth-order valence-electron chi connectivity index (χ4n) is 4.45. The third-order valence-electron chi connectivity index (χ3n) is 6.24. The number of rotatable bonds is 7. The fraction of sp³-hybridized carbons (Fsp3) is 0.609. The Kier molecular flexibility index (Phi) is 8.47. The molecule has 2 aliphatic rings. The minimum Gasteiger partial charge on any atom is -0.466 e. The molecule has 3 rings (SSSR count). The van der Waals surface area contributed by atoms with E-state index in [-0.39, 0.29) is 34.5 Å². The molecule has 1 aromatic rings. The molecule has 1 unspecified atom stereocenters. The molecule has 1 aromatic carbocycles. The van der Waals surface area contributed by atoms with E-state index in [0.717, 1.165) is 12.8 Å². The fourth-order valence-corrected chi connectivity index (χ4v) is 5.92. The standard InChI is InChI=1S/C23H33N3O6S/c1-3-32-23(29)19-5-4-12-25(16-19)22(28)15-18-10-13-26(14-11-18)33(30,31)21-8-6-20(7-9-21)24-17(2)27/h6-9,18-19H,3-5,10-16H2,1-2H3,(H,24,27). The van der Waals surface area contributed by atoms with Gasteiger partial charge in [0.05, 0.1) is 17.4 Å². The van der Waals surface area contributed by atoms with E-state index in [1.54, 1.807) is 24.0 Å². The van der Waals surface area contributed by atoms with E-state index in [1.807, 2.05) is 0 Å². The van der Waals surface area contributed by atoms with Gasteiger partial charge in [-0.15, -0.1) is 0 Å². The van der Waals surface area contributed by atoms with Gasteiger partial charge in [-0.25, -0.2) is 8.42 Å². The van der Waals surface area contributed by atoms with Gasteiger partial charge < -0.3 is 15.0 Å².